The van der Waals surface area contributed by atoms with Gasteiger partial charge in [0.15, 0.2) is 0 Å². The molecule has 8 nitrogen and oxygen atoms in total. The molecule has 4 N–H and O–H groups in total. The molecule has 1 unspecified atom stereocenters. The first-order valence-corrected chi connectivity index (χ1v) is 11.0. The predicted molar refractivity (Wildman–Crippen MR) is 119 cm³/mol. The molecular formula is C23H35F2N3O5. The molecule has 0 bridgehead atoms. The number of nitrogens with one attached hydrogen (secondary N) is 3. The van der Waals surface area contributed by atoms with Gasteiger partial charge in [0.25, 0.3) is 5.91 Å². The largest absolute Gasteiger partial charge is 0.444 e. The molecule has 0 fully saturated rings. The van der Waals surface area contributed by atoms with E-state index in [0.29, 0.717) is 25.9 Å². The molecular weight excluding hydrogens is 436 g/mol. The number of carbonyl (C=O) groups is 3. The summed E-state index contributed by atoms with van der Waals surface area (Å²) in [6.07, 6.45) is -0.507. The van der Waals surface area contributed by atoms with E-state index in [4.69, 9.17) is 4.74 Å². The van der Waals surface area contributed by atoms with Gasteiger partial charge in [-0.3, -0.25) is 9.59 Å². The lowest BCUT2D eigenvalue weighted by Gasteiger charge is -2.20. The normalized spacial score (nSPS) is 13.1. The second-order valence-corrected chi connectivity index (χ2v) is 9.00. The van der Waals surface area contributed by atoms with Crippen LogP contribution < -0.4 is 16.0 Å². The minimum atomic E-state index is -1.40. The topological polar surface area (TPSA) is 117 Å². The minimum Gasteiger partial charge on any atom is -0.444 e. The van der Waals surface area contributed by atoms with Gasteiger partial charge in [-0.05, 0) is 69.7 Å². The molecule has 186 valence electrons. The van der Waals surface area contributed by atoms with Crippen LogP contribution in [-0.4, -0.2) is 54.4 Å². The SMILES string of the molecule is CC(CC(=O)NCCCCNC(=O)[C@@H](O)CNC(=O)OC(C)(C)C)Cc1cc(F)ccc1F. The molecule has 0 heterocycles. The highest BCUT2D eigenvalue weighted by Gasteiger charge is 2.19. The fourth-order valence-corrected chi connectivity index (χ4v) is 2.93. The molecule has 1 rings (SSSR count). The van der Waals surface area contributed by atoms with Crippen LogP contribution in [-0.2, 0) is 20.7 Å². The summed E-state index contributed by atoms with van der Waals surface area (Å²) in [4.78, 5) is 35.4. The van der Waals surface area contributed by atoms with E-state index in [2.05, 4.69) is 16.0 Å². The molecule has 0 radical (unpaired) electrons. The van der Waals surface area contributed by atoms with Crippen molar-refractivity contribution in [2.24, 2.45) is 5.92 Å². The van der Waals surface area contributed by atoms with E-state index < -0.39 is 35.3 Å². The summed E-state index contributed by atoms with van der Waals surface area (Å²) in [7, 11) is 0. The van der Waals surface area contributed by atoms with Crippen molar-refractivity contribution in [3.63, 3.8) is 0 Å². The number of alkyl carbamates (subject to hydrolysis) is 1. The lowest BCUT2D eigenvalue weighted by atomic mass is 9.97. The molecule has 33 heavy (non-hydrogen) atoms. The Morgan fingerprint density at radius 2 is 1.70 bits per heavy atom. The van der Waals surface area contributed by atoms with Gasteiger partial charge in [-0.2, -0.15) is 0 Å². The van der Waals surface area contributed by atoms with Crippen molar-refractivity contribution in [3.05, 3.63) is 35.4 Å². The number of amides is 3. The second-order valence-electron chi connectivity index (χ2n) is 9.00. The van der Waals surface area contributed by atoms with E-state index in [1.54, 1.807) is 27.7 Å². The van der Waals surface area contributed by atoms with Gasteiger partial charge < -0.3 is 25.8 Å². The van der Waals surface area contributed by atoms with E-state index in [1.165, 1.54) is 0 Å². The minimum absolute atomic E-state index is 0.156. The standard InChI is InChI=1S/C23H35F2N3O5/c1-15(11-16-13-17(24)7-8-18(16)25)12-20(30)26-9-5-6-10-27-21(31)19(29)14-28-22(32)33-23(2,3)4/h7-8,13,15,19,29H,5-6,9-12,14H2,1-4H3,(H,26,30)(H,27,31)(H,28,32)/t15?,19-/m0/s1. The number of benzene rings is 1. The fourth-order valence-electron chi connectivity index (χ4n) is 2.93. The first kappa shape index (κ1) is 28.3. The zero-order valence-electron chi connectivity index (χ0n) is 19.7. The van der Waals surface area contributed by atoms with Crippen LogP contribution in [0.25, 0.3) is 0 Å². The van der Waals surface area contributed by atoms with Crippen LogP contribution >= 0.6 is 0 Å². The maximum absolute atomic E-state index is 13.7. The van der Waals surface area contributed by atoms with Crippen molar-refractivity contribution < 1.29 is 33.0 Å². The molecule has 0 saturated carbocycles. The Balaban J connectivity index is 2.15. The molecule has 0 aliphatic carbocycles. The quantitative estimate of drug-likeness (QED) is 0.350. The van der Waals surface area contributed by atoms with E-state index in [1.807, 2.05) is 0 Å². The Hall–Kier alpha value is -2.75. The monoisotopic (exact) mass is 471 g/mol. The van der Waals surface area contributed by atoms with Gasteiger partial charge in [0.05, 0.1) is 6.54 Å². The highest BCUT2D eigenvalue weighted by Crippen LogP contribution is 2.16. The van der Waals surface area contributed by atoms with Gasteiger partial charge in [0, 0.05) is 19.5 Å². The summed E-state index contributed by atoms with van der Waals surface area (Å²) in [6.45, 7) is 7.33. The smallest absolute Gasteiger partial charge is 0.407 e. The Kier molecular flexibility index (Phi) is 11.8. The Morgan fingerprint density at radius 3 is 2.33 bits per heavy atom. The molecule has 0 saturated heterocycles. The summed E-state index contributed by atoms with van der Waals surface area (Å²) in [5.74, 6) is -1.96. The Labute approximate surface area is 193 Å². The van der Waals surface area contributed by atoms with Gasteiger partial charge in [-0.1, -0.05) is 6.92 Å². The number of unbranched alkanes of at least 4 members (excludes halogenated alkanes) is 1. The summed E-state index contributed by atoms with van der Waals surface area (Å²) in [5.41, 5.74) is -0.432. The van der Waals surface area contributed by atoms with Crippen LogP contribution in [0.2, 0.25) is 0 Å². The number of hydrogen-bond acceptors (Lipinski definition) is 5. The van der Waals surface area contributed by atoms with Crippen molar-refractivity contribution >= 4 is 17.9 Å². The van der Waals surface area contributed by atoms with Gasteiger partial charge in [-0.15, -0.1) is 0 Å². The first-order valence-electron chi connectivity index (χ1n) is 11.0. The zero-order valence-corrected chi connectivity index (χ0v) is 19.7. The molecule has 0 aliphatic rings. The molecule has 3 amide bonds. The van der Waals surface area contributed by atoms with Gasteiger partial charge >= 0.3 is 6.09 Å². The second kappa shape index (κ2) is 13.7. The predicted octanol–water partition coefficient (Wildman–Crippen LogP) is 2.43. The first-order chi connectivity index (χ1) is 15.4. The number of aliphatic hydroxyl groups excluding tert-OH is 1. The summed E-state index contributed by atoms with van der Waals surface area (Å²) in [5, 5.41) is 17.4. The molecule has 0 aliphatic heterocycles. The summed E-state index contributed by atoms with van der Waals surface area (Å²) < 4.78 is 32.0. The van der Waals surface area contributed by atoms with Crippen LogP contribution in [0.1, 0.15) is 52.5 Å². The van der Waals surface area contributed by atoms with Crippen LogP contribution in [0, 0.1) is 17.6 Å². The fraction of sp³-hybridized carbons (Fsp3) is 0.609. The number of carbonyl (C=O) groups excluding carboxylic acids is 3. The van der Waals surface area contributed by atoms with Crippen LogP contribution in [0.3, 0.4) is 0 Å². The molecule has 0 spiro atoms. The number of hydrogen-bond donors (Lipinski definition) is 4. The molecule has 2 atom stereocenters. The molecule has 1 aromatic carbocycles. The molecule has 1 aromatic rings. The van der Waals surface area contributed by atoms with E-state index in [9.17, 15) is 28.3 Å². The maximum Gasteiger partial charge on any atom is 0.407 e. The van der Waals surface area contributed by atoms with Crippen molar-refractivity contribution in [1.29, 1.82) is 0 Å². The van der Waals surface area contributed by atoms with Gasteiger partial charge in [0.1, 0.15) is 23.3 Å². The third-order valence-electron chi connectivity index (χ3n) is 4.48. The van der Waals surface area contributed by atoms with E-state index in [-0.39, 0.29) is 36.8 Å². The van der Waals surface area contributed by atoms with E-state index >= 15 is 0 Å². The number of rotatable bonds is 12. The summed E-state index contributed by atoms with van der Waals surface area (Å²) in [6, 6.07) is 3.27. The molecule has 0 aromatic heterocycles. The van der Waals surface area contributed by atoms with Crippen LogP contribution in [0.15, 0.2) is 18.2 Å². The Bertz CT molecular complexity index is 799. The van der Waals surface area contributed by atoms with Crippen molar-refractivity contribution in [2.75, 3.05) is 19.6 Å². The van der Waals surface area contributed by atoms with Crippen molar-refractivity contribution in [3.8, 4) is 0 Å². The third kappa shape index (κ3) is 12.8. The van der Waals surface area contributed by atoms with Gasteiger partial charge in [0.2, 0.25) is 5.91 Å². The zero-order chi connectivity index (χ0) is 25.0. The number of ether oxygens (including phenoxy) is 1. The number of halogens is 2. The third-order valence-corrected chi connectivity index (χ3v) is 4.48. The maximum atomic E-state index is 13.7. The van der Waals surface area contributed by atoms with Crippen LogP contribution in [0.4, 0.5) is 13.6 Å². The molecule has 10 heteroatoms. The Morgan fingerprint density at radius 1 is 1.06 bits per heavy atom. The lowest BCUT2D eigenvalue weighted by Crippen LogP contribution is -2.44. The summed E-state index contributed by atoms with van der Waals surface area (Å²) >= 11 is 0. The number of aliphatic hydroxyl groups is 1. The van der Waals surface area contributed by atoms with E-state index in [0.717, 1.165) is 18.2 Å². The van der Waals surface area contributed by atoms with Crippen LogP contribution in [0.5, 0.6) is 0 Å². The lowest BCUT2D eigenvalue weighted by molar-refractivity contribution is -0.129. The average Bonchev–Trinajstić information content (AvgIpc) is 2.69. The van der Waals surface area contributed by atoms with Gasteiger partial charge in [-0.25, -0.2) is 13.6 Å². The van der Waals surface area contributed by atoms with Crippen molar-refractivity contribution in [2.45, 2.75) is 65.1 Å². The van der Waals surface area contributed by atoms with Crippen molar-refractivity contribution in [1.82, 2.24) is 16.0 Å². The average molecular weight is 472 g/mol. The highest BCUT2D eigenvalue weighted by atomic mass is 19.1. The highest BCUT2D eigenvalue weighted by molar-refractivity contribution is 5.81.